The highest BCUT2D eigenvalue weighted by Crippen LogP contribution is 2.36. The Balaban J connectivity index is 1.58. The zero-order chi connectivity index (χ0) is 22.6. The molecule has 1 N–H and O–H groups in total. The first-order valence-electron chi connectivity index (χ1n) is 8.98. The Hall–Kier alpha value is -3.01. The normalized spacial score (nSPS) is 11.6. The Morgan fingerprint density at radius 2 is 1.87 bits per heavy atom. The van der Waals surface area contributed by atoms with Crippen molar-refractivity contribution < 1.29 is 26.7 Å². The molecular formula is C20H16ClF5N4O. The SMILES string of the molecule is Cc1c(NCCc2ccc(Oc3ccc(C(F)(F)F)cc3Cl)nc2)ncnc1C(F)F. The van der Waals surface area contributed by atoms with E-state index in [9.17, 15) is 22.0 Å². The van der Waals surface area contributed by atoms with Gasteiger partial charge in [-0.15, -0.1) is 0 Å². The number of rotatable bonds is 7. The smallest absolute Gasteiger partial charge is 0.416 e. The highest BCUT2D eigenvalue weighted by atomic mass is 35.5. The summed E-state index contributed by atoms with van der Waals surface area (Å²) < 4.78 is 69.3. The van der Waals surface area contributed by atoms with E-state index in [1.165, 1.54) is 13.1 Å². The van der Waals surface area contributed by atoms with Crippen LogP contribution in [0.1, 0.15) is 28.8 Å². The summed E-state index contributed by atoms with van der Waals surface area (Å²) >= 11 is 5.87. The summed E-state index contributed by atoms with van der Waals surface area (Å²) in [6.45, 7) is 1.93. The van der Waals surface area contributed by atoms with Crippen molar-refractivity contribution in [2.24, 2.45) is 0 Å². The molecule has 2 heterocycles. The van der Waals surface area contributed by atoms with Gasteiger partial charge in [-0.25, -0.2) is 23.7 Å². The lowest BCUT2D eigenvalue weighted by atomic mass is 10.2. The molecule has 0 saturated carbocycles. The average Bonchev–Trinajstić information content (AvgIpc) is 2.71. The largest absolute Gasteiger partial charge is 0.437 e. The molecule has 164 valence electrons. The molecule has 0 unspecified atom stereocenters. The average molecular weight is 459 g/mol. The fourth-order valence-corrected chi connectivity index (χ4v) is 2.90. The molecule has 0 aliphatic carbocycles. The van der Waals surface area contributed by atoms with Gasteiger partial charge in [0.1, 0.15) is 23.6 Å². The predicted octanol–water partition coefficient (Wildman–Crippen LogP) is 6.24. The van der Waals surface area contributed by atoms with Crippen molar-refractivity contribution in [3.8, 4) is 11.6 Å². The van der Waals surface area contributed by atoms with Crippen molar-refractivity contribution >= 4 is 17.4 Å². The fourth-order valence-electron chi connectivity index (χ4n) is 2.68. The molecule has 2 aromatic heterocycles. The minimum atomic E-state index is -4.50. The molecule has 31 heavy (non-hydrogen) atoms. The molecule has 0 amide bonds. The molecule has 0 bridgehead atoms. The van der Waals surface area contributed by atoms with Crippen LogP contribution < -0.4 is 10.1 Å². The zero-order valence-corrected chi connectivity index (χ0v) is 16.8. The molecule has 0 fully saturated rings. The lowest BCUT2D eigenvalue weighted by Gasteiger charge is -2.12. The summed E-state index contributed by atoms with van der Waals surface area (Å²) in [5.74, 6) is 0.535. The van der Waals surface area contributed by atoms with E-state index in [0.29, 0.717) is 18.8 Å². The highest BCUT2D eigenvalue weighted by molar-refractivity contribution is 6.32. The summed E-state index contributed by atoms with van der Waals surface area (Å²) in [6, 6.07) is 6.05. The minimum absolute atomic E-state index is 0.0469. The van der Waals surface area contributed by atoms with Gasteiger partial charge in [0.15, 0.2) is 0 Å². The maximum Gasteiger partial charge on any atom is 0.416 e. The van der Waals surface area contributed by atoms with Gasteiger partial charge in [-0.1, -0.05) is 17.7 Å². The van der Waals surface area contributed by atoms with E-state index >= 15 is 0 Å². The Bertz CT molecular complexity index is 1040. The number of hydrogen-bond acceptors (Lipinski definition) is 5. The molecule has 1 aromatic carbocycles. The maximum absolute atomic E-state index is 12.9. The van der Waals surface area contributed by atoms with Crippen LogP contribution in [0.15, 0.2) is 42.9 Å². The van der Waals surface area contributed by atoms with Crippen LogP contribution in [-0.2, 0) is 12.6 Å². The number of aromatic nitrogens is 3. The second-order valence-corrected chi connectivity index (χ2v) is 6.87. The summed E-state index contributed by atoms with van der Waals surface area (Å²) in [5, 5.41) is 2.80. The number of ether oxygens (including phenoxy) is 1. The molecule has 3 rings (SSSR count). The Morgan fingerprint density at radius 1 is 1.10 bits per heavy atom. The van der Waals surface area contributed by atoms with Crippen molar-refractivity contribution in [1.29, 1.82) is 0 Å². The topological polar surface area (TPSA) is 59.9 Å². The van der Waals surface area contributed by atoms with Crippen LogP contribution in [-0.4, -0.2) is 21.5 Å². The van der Waals surface area contributed by atoms with Gasteiger partial charge in [-0.2, -0.15) is 13.2 Å². The second-order valence-electron chi connectivity index (χ2n) is 6.46. The number of hydrogen-bond donors (Lipinski definition) is 1. The summed E-state index contributed by atoms with van der Waals surface area (Å²) in [7, 11) is 0. The molecule has 0 saturated heterocycles. The maximum atomic E-state index is 12.9. The van der Waals surface area contributed by atoms with Crippen LogP contribution in [0.25, 0.3) is 0 Å². The first kappa shape index (κ1) is 22.7. The van der Waals surface area contributed by atoms with Crippen LogP contribution in [0.4, 0.5) is 27.8 Å². The molecule has 0 atom stereocenters. The van der Waals surface area contributed by atoms with Gasteiger partial charge in [0.25, 0.3) is 6.43 Å². The standard InChI is InChI=1S/C20H16ClF5N4O/c1-11-17(18(22)23)29-10-30-19(11)27-7-6-12-2-5-16(28-9-12)31-15-4-3-13(8-14(15)21)20(24,25)26/h2-5,8-10,18H,6-7H2,1H3,(H,27,29,30). The molecule has 11 heteroatoms. The van der Waals surface area contributed by atoms with Crippen molar-refractivity contribution in [3.63, 3.8) is 0 Å². The van der Waals surface area contributed by atoms with Crippen molar-refractivity contribution in [1.82, 2.24) is 15.0 Å². The predicted molar refractivity (Wildman–Crippen MR) is 105 cm³/mol. The second kappa shape index (κ2) is 9.42. The van der Waals surface area contributed by atoms with Gasteiger partial charge in [-0.05, 0) is 37.1 Å². The van der Waals surface area contributed by atoms with Crippen LogP contribution in [0.2, 0.25) is 5.02 Å². The Labute approximate surface area is 179 Å². The van der Waals surface area contributed by atoms with Crippen LogP contribution in [0.5, 0.6) is 11.6 Å². The molecule has 0 radical (unpaired) electrons. The van der Waals surface area contributed by atoms with Crippen molar-refractivity contribution in [2.75, 3.05) is 11.9 Å². The Morgan fingerprint density at radius 3 is 2.48 bits per heavy atom. The number of nitrogens with zero attached hydrogens (tertiary/aromatic N) is 3. The lowest BCUT2D eigenvalue weighted by Crippen LogP contribution is -2.10. The van der Waals surface area contributed by atoms with Gasteiger partial charge < -0.3 is 10.1 Å². The van der Waals surface area contributed by atoms with E-state index in [2.05, 4.69) is 20.3 Å². The monoisotopic (exact) mass is 458 g/mol. The van der Waals surface area contributed by atoms with Gasteiger partial charge in [-0.3, -0.25) is 0 Å². The summed E-state index contributed by atoms with van der Waals surface area (Å²) in [6.07, 6.45) is -4.05. The molecule has 5 nitrogen and oxygen atoms in total. The molecule has 0 aliphatic rings. The van der Waals surface area contributed by atoms with Crippen LogP contribution in [0.3, 0.4) is 0 Å². The van der Waals surface area contributed by atoms with E-state index in [-0.39, 0.29) is 27.9 Å². The van der Waals surface area contributed by atoms with E-state index in [1.807, 2.05) is 0 Å². The Kier molecular flexibility index (Phi) is 6.89. The molecule has 0 spiro atoms. The quantitative estimate of drug-likeness (QED) is 0.425. The first-order chi connectivity index (χ1) is 14.6. The number of benzene rings is 1. The highest BCUT2D eigenvalue weighted by Gasteiger charge is 2.31. The number of alkyl halides is 5. The number of anilines is 1. The molecular weight excluding hydrogens is 443 g/mol. The van der Waals surface area contributed by atoms with Gasteiger partial charge in [0.2, 0.25) is 5.88 Å². The third-order valence-electron chi connectivity index (χ3n) is 4.31. The number of halogens is 6. The first-order valence-corrected chi connectivity index (χ1v) is 9.36. The van der Waals surface area contributed by atoms with E-state index in [4.69, 9.17) is 16.3 Å². The van der Waals surface area contributed by atoms with Gasteiger partial charge in [0, 0.05) is 24.4 Å². The fraction of sp³-hybridized carbons (Fsp3) is 0.250. The summed E-state index contributed by atoms with van der Waals surface area (Å²) in [5.41, 5.74) is -0.0881. The van der Waals surface area contributed by atoms with Crippen molar-refractivity contribution in [3.05, 3.63) is 70.3 Å². The van der Waals surface area contributed by atoms with Gasteiger partial charge >= 0.3 is 6.18 Å². The third kappa shape index (κ3) is 5.78. The summed E-state index contributed by atoms with van der Waals surface area (Å²) in [4.78, 5) is 11.7. The van der Waals surface area contributed by atoms with Crippen molar-refractivity contribution in [2.45, 2.75) is 25.9 Å². The molecule has 3 aromatic rings. The number of nitrogens with one attached hydrogen (secondary N) is 1. The van der Waals surface area contributed by atoms with E-state index < -0.39 is 18.2 Å². The zero-order valence-electron chi connectivity index (χ0n) is 16.1. The minimum Gasteiger partial charge on any atom is -0.437 e. The third-order valence-corrected chi connectivity index (χ3v) is 4.60. The van der Waals surface area contributed by atoms with Crippen LogP contribution >= 0.6 is 11.6 Å². The van der Waals surface area contributed by atoms with E-state index in [1.54, 1.807) is 12.1 Å². The van der Waals surface area contributed by atoms with Gasteiger partial charge in [0.05, 0.1) is 10.6 Å². The molecule has 0 aliphatic heterocycles. The lowest BCUT2D eigenvalue weighted by molar-refractivity contribution is -0.137. The van der Waals surface area contributed by atoms with Crippen LogP contribution in [0, 0.1) is 6.92 Å². The van der Waals surface area contributed by atoms with E-state index in [0.717, 1.165) is 30.1 Å². The number of pyridine rings is 1.